The fourth-order valence-corrected chi connectivity index (χ4v) is 6.40. The zero-order chi connectivity index (χ0) is 28.0. The van der Waals surface area contributed by atoms with Gasteiger partial charge in [0.2, 0.25) is 11.8 Å². The summed E-state index contributed by atoms with van der Waals surface area (Å²) in [6.45, 7) is 1.92. The highest BCUT2D eigenvalue weighted by molar-refractivity contribution is 6.25. The lowest BCUT2D eigenvalue weighted by Gasteiger charge is -2.23. The molecule has 1 heterocycles. The number of nitrogens with zero attached hydrogens (tertiary/aromatic N) is 1. The topological polar surface area (TPSA) is 82.1 Å². The summed E-state index contributed by atoms with van der Waals surface area (Å²) in [5.41, 5.74) is 4.50. The van der Waals surface area contributed by atoms with Crippen LogP contribution >= 0.6 is 0 Å². The molecular weight excluding hydrogens is 506 g/mol. The third-order valence-electron chi connectivity index (χ3n) is 8.10. The second-order valence-corrected chi connectivity index (χ2v) is 10.0. The third-order valence-corrected chi connectivity index (χ3v) is 8.10. The summed E-state index contributed by atoms with van der Waals surface area (Å²) in [7, 11) is 3.26. The lowest BCUT2D eigenvalue weighted by atomic mass is 9.85. The van der Waals surface area contributed by atoms with Crippen molar-refractivity contribution in [1.82, 2.24) is 0 Å². The van der Waals surface area contributed by atoms with Gasteiger partial charge in [0, 0.05) is 11.8 Å². The second-order valence-electron chi connectivity index (χ2n) is 10.0. The van der Waals surface area contributed by atoms with Crippen LogP contribution in [0, 0.1) is 23.7 Å². The summed E-state index contributed by atoms with van der Waals surface area (Å²) in [5.74, 6) is -1.22. The van der Waals surface area contributed by atoms with Crippen molar-refractivity contribution >= 4 is 29.0 Å². The molecule has 0 spiro atoms. The van der Waals surface area contributed by atoms with Crippen LogP contribution in [0.3, 0.4) is 0 Å². The van der Waals surface area contributed by atoms with Gasteiger partial charge in [0.25, 0.3) is 0 Å². The molecule has 3 aromatic carbocycles. The van der Waals surface area contributed by atoms with Gasteiger partial charge in [-0.2, -0.15) is 0 Å². The SMILES string of the molecule is CCOC(=O)c1ccccc1N1C(=O)C2C3C=CC(C3=C(c3ccc(OC)cc3)c3ccc(OC)cc3)C2C1=O. The minimum Gasteiger partial charge on any atom is -0.497 e. The minimum atomic E-state index is -0.557. The highest BCUT2D eigenvalue weighted by Crippen LogP contribution is 2.59. The molecule has 1 saturated heterocycles. The van der Waals surface area contributed by atoms with Crippen LogP contribution in [0.5, 0.6) is 11.5 Å². The first-order valence-corrected chi connectivity index (χ1v) is 13.3. The number of esters is 1. The van der Waals surface area contributed by atoms with E-state index in [0.29, 0.717) is 0 Å². The van der Waals surface area contributed by atoms with Crippen molar-refractivity contribution in [2.45, 2.75) is 6.92 Å². The maximum absolute atomic E-state index is 14.0. The maximum Gasteiger partial charge on any atom is 0.340 e. The van der Waals surface area contributed by atoms with Gasteiger partial charge in [0.05, 0.1) is 43.9 Å². The second kappa shape index (κ2) is 10.2. The van der Waals surface area contributed by atoms with E-state index in [4.69, 9.17) is 14.2 Å². The molecule has 202 valence electrons. The molecule has 0 aromatic heterocycles. The van der Waals surface area contributed by atoms with Crippen LogP contribution in [-0.2, 0) is 14.3 Å². The van der Waals surface area contributed by atoms with Gasteiger partial charge in [0.15, 0.2) is 0 Å². The van der Waals surface area contributed by atoms with E-state index in [-0.39, 0.29) is 41.5 Å². The normalized spacial score (nSPS) is 22.5. The monoisotopic (exact) mass is 535 g/mol. The Hall–Kier alpha value is -4.65. The predicted molar refractivity (Wildman–Crippen MR) is 150 cm³/mol. The number of allylic oxidation sites excluding steroid dienone is 3. The van der Waals surface area contributed by atoms with E-state index in [0.717, 1.165) is 33.8 Å². The van der Waals surface area contributed by atoms with Crippen LogP contribution in [-0.4, -0.2) is 38.6 Å². The number of carbonyl (C=O) groups is 3. The molecule has 6 rings (SSSR count). The van der Waals surface area contributed by atoms with Crippen LogP contribution in [0.25, 0.3) is 5.57 Å². The molecule has 2 aliphatic carbocycles. The number of carbonyl (C=O) groups excluding carboxylic acids is 3. The number of methoxy groups -OCH3 is 2. The Morgan fingerprint density at radius 1 is 0.750 bits per heavy atom. The minimum absolute atomic E-state index is 0.196. The first-order chi connectivity index (χ1) is 19.5. The summed E-state index contributed by atoms with van der Waals surface area (Å²) >= 11 is 0. The quantitative estimate of drug-likeness (QED) is 0.232. The van der Waals surface area contributed by atoms with Gasteiger partial charge < -0.3 is 14.2 Å². The Morgan fingerprint density at radius 3 is 1.73 bits per heavy atom. The highest BCUT2D eigenvalue weighted by atomic mass is 16.5. The molecule has 7 heteroatoms. The zero-order valence-corrected chi connectivity index (χ0v) is 22.5. The fourth-order valence-electron chi connectivity index (χ4n) is 6.40. The van der Waals surface area contributed by atoms with Gasteiger partial charge in [-0.25, -0.2) is 9.69 Å². The van der Waals surface area contributed by atoms with Gasteiger partial charge in [-0.1, -0.05) is 48.6 Å². The number of fused-ring (bicyclic) bond motifs is 5. The van der Waals surface area contributed by atoms with Crippen molar-refractivity contribution in [2.75, 3.05) is 25.7 Å². The average Bonchev–Trinajstić information content (AvgIpc) is 3.62. The molecule has 3 aliphatic rings. The van der Waals surface area contributed by atoms with Crippen molar-refractivity contribution in [3.05, 3.63) is 107 Å². The summed E-state index contributed by atoms with van der Waals surface area (Å²) in [6.07, 6.45) is 4.11. The summed E-state index contributed by atoms with van der Waals surface area (Å²) in [6, 6.07) is 22.3. The maximum atomic E-state index is 14.0. The largest absolute Gasteiger partial charge is 0.497 e. The molecule has 40 heavy (non-hydrogen) atoms. The van der Waals surface area contributed by atoms with Crippen LogP contribution < -0.4 is 14.4 Å². The van der Waals surface area contributed by atoms with Crippen molar-refractivity contribution in [3.8, 4) is 11.5 Å². The Bertz CT molecular complexity index is 1470. The van der Waals surface area contributed by atoms with E-state index >= 15 is 0 Å². The standard InChI is InChI=1S/C33H29NO6/c1-4-40-33(37)23-7-5-6-8-26(23)34-31(35)29-24-17-18-25(30(29)32(34)36)28(24)27(19-9-13-21(38-2)14-10-19)20-11-15-22(39-3)16-12-20/h5-18,24-25,29-30H,4H2,1-3H3. The smallest absolute Gasteiger partial charge is 0.340 e. The Labute approximate surface area is 232 Å². The van der Waals surface area contributed by atoms with E-state index in [1.54, 1.807) is 45.4 Å². The lowest BCUT2D eigenvalue weighted by Crippen LogP contribution is -2.34. The number of hydrogen-bond donors (Lipinski definition) is 0. The Balaban J connectivity index is 1.45. The van der Waals surface area contributed by atoms with Crippen molar-refractivity contribution in [1.29, 1.82) is 0 Å². The molecule has 2 bridgehead atoms. The molecule has 0 radical (unpaired) electrons. The average molecular weight is 536 g/mol. The summed E-state index contributed by atoms with van der Waals surface area (Å²) in [5, 5.41) is 0. The summed E-state index contributed by atoms with van der Waals surface area (Å²) in [4.78, 5) is 41.8. The van der Waals surface area contributed by atoms with Gasteiger partial charge in [0.1, 0.15) is 11.5 Å². The number of rotatable bonds is 7. The molecule has 4 unspecified atom stereocenters. The van der Waals surface area contributed by atoms with Gasteiger partial charge in [-0.15, -0.1) is 0 Å². The zero-order valence-electron chi connectivity index (χ0n) is 22.5. The molecule has 1 saturated carbocycles. The van der Waals surface area contributed by atoms with Crippen LogP contribution in [0.15, 0.2) is 90.5 Å². The van der Waals surface area contributed by atoms with Crippen LogP contribution in [0.4, 0.5) is 5.69 Å². The fraction of sp³-hybridized carbons (Fsp3) is 0.242. The number of benzene rings is 3. The molecular formula is C33H29NO6. The van der Waals surface area contributed by atoms with E-state index in [2.05, 4.69) is 12.2 Å². The van der Waals surface area contributed by atoms with Gasteiger partial charge in [-0.3, -0.25) is 9.59 Å². The number of para-hydroxylation sites is 1. The third kappa shape index (κ3) is 3.92. The highest BCUT2D eigenvalue weighted by Gasteiger charge is 2.62. The van der Waals surface area contributed by atoms with E-state index in [1.165, 1.54) is 4.90 Å². The number of hydrogen-bond acceptors (Lipinski definition) is 6. The van der Waals surface area contributed by atoms with Crippen molar-refractivity contribution in [2.24, 2.45) is 23.7 Å². The first-order valence-electron chi connectivity index (χ1n) is 13.3. The van der Waals surface area contributed by atoms with Crippen molar-refractivity contribution in [3.63, 3.8) is 0 Å². The molecule has 3 aromatic rings. The van der Waals surface area contributed by atoms with E-state index < -0.39 is 17.8 Å². The van der Waals surface area contributed by atoms with Crippen LogP contribution in [0.1, 0.15) is 28.4 Å². The number of ether oxygens (including phenoxy) is 3. The molecule has 2 fully saturated rings. The van der Waals surface area contributed by atoms with Gasteiger partial charge in [-0.05, 0) is 65.6 Å². The van der Waals surface area contributed by atoms with Crippen molar-refractivity contribution < 1.29 is 28.6 Å². The van der Waals surface area contributed by atoms with E-state index in [1.807, 2.05) is 48.5 Å². The molecule has 7 nitrogen and oxygen atoms in total. The number of anilines is 1. The first kappa shape index (κ1) is 25.6. The van der Waals surface area contributed by atoms with Gasteiger partial charge >= 0.3 is 5.97 Å². The number of amides is 2. The number of imide groups is 1. The molecule has 0 N–H and O–H groups in total. The predicted octanol–water partition coefficient (Wildman–Crippen LogP) is 5.30. The Kier molecular flexibility index (Phi) is 6.50. The lowest BCUT2D eigenvalue weighted by molar-refractivity contribution is -0.122. The van der Waals surface area contributed by atoms with E-state index in [9.17, 15) is 14.4 Å². The Morgan fingerprint density at radius 2 is 1.25 bits per heavy atom. The molecule has 4 atom stereocenters. The molecule has 2 amide bonds. The van der Waals surface area contributed by atoms with Crippen LogP contribution in [0.2, 0.25) is 0 Å². The molecule has 1 aliphatic heterocycles. The summed E-state index contributed by atoms with van der Waals surface area (Å²) < 4.78 is 16.0.